The number of aliphatic hydroxyl groups excluding tert-OH is 1. The summed E-state index contributed by atoms with van der Waals surface area (Å²) in [4.78, 5) is 0. The third-order valence-corrected chi connectivity index (χ3v) is 4.11. The van der Waals surface area contributed by atoms with Crippen molar-refractivity contribution in [2.75, 3.05) is 27.9 Å². The van der Waals surface area contributed by atoms with Crippen molar-refractivity contribution in [3.05, 3.63) is 0 Å². The lowest BCUT2D eigenvalue weighted by Gasteiger charge is -2.42. The maximum atomic E-state index is 12.2. The first-order valence-electron chi connectivity index (χ1n) is 5.96. The van der Waals surface area contributed by atoms with E-state index in [9.17, 15) is 26.7 Å². The molecule has 1 fully saturated rings. The molecular weight excluding hydrogens is 337 g/mol. The molecule has 1 rings (SSSR count). The van der Waals surface area contributed by atoms with Crippen molar-refractivity contribution in [3.8, 4) is 0 Å². The van der Waals surface area contributed by atoms with Gasteiger partial charge in [-0.25, -0.2) is 0 Å². The van der Waals surface area contributed by atoms with Gasteiger partial charge in [-0.2, -0.15) is 21.6 Å². The quantitative estimate of drug-likeness (QED) is 0.509. The summed E-state index contributed by atoms with van der Waals surface area (Å²) >= 11 is 0. The van der Waals surface area contributed by atoms with Gasteiger partial charge in [-0.15, -0.1) is 0 Å². The number of hydrogen-bond acceptors (Lipinski definition) is 8. The summed E-state index contributed by atoms with van der Waals surface area (Å²) in [5.41, 5.74) is -5.56. The van der Waals surface area contributed by atoms with Crippen LogP contribution in [0.2, 0.25) is 0 Å². The number of halogens is 3. The predicted octanol–water partition coefficient (Wildman–Crippen LogP) is -0.385. The molecule has 1 N–H and O–H groups in total. The first kappa shape index (κ1) is 19.5. The molecule has 0 aliphatic carbocycles. The standard InChI is InChI=1S/C10H17F3O8S/c1-17-6-5(4-20-22(15,16)10(11,12)13)21-9(14)8(19-3)7(6)18-2/h5-9,14H,4H2,1-3H3/t5-,6-,7+,8-,9-/m1/s1. The van der Waals surface area contributed by atoms with Crippen LogP contribution in [0.25, 0.3) is 0 Å². The van der Waals surface area contributed by atoms with Crippen LogP contribution in [0.5, 0.6) is 0 Å². The molecule has 0 saturated carbocycles. The van der Waals surface area contributed by atoms with Crippen molar-refractivity contribution in [2.45, 2.75) is 36.2 Å². The Labute approximate surface area is 125 Å². The smallest absolute Gasteiger partial charge is 0.376 e. The molecule has 5 atom stereocenters. The Kier molecular flexibility index (Phi) is 6.56. The van der Waals surface area contributed by atoms with Crippen molar-refractivity contribution < 1.29 is 49.8 Å². The number of ether oxygens (including phenoxy) is 4. The summed E-state index contributed by atoms with van der Waals surface area (Å²) in [7, 11) is -2.03. The molecule has 0 radical (unpaired) electrons. The van der Waals surface area contributed by atoms with Crippen molar-refractivity contribution in [1.82, 2.24) is 0 Å². The van der Waals surface area contributed by atoms with Gasteiger partial charge in [-0.3, -0.25) is 4.18 Å². The molecular formula is C10H17F3O8S. The predicted molar refractivity (Wildman–Crippen MR) is 64.2 cm³/mol. The summed E-state index contributed by atoms with van der Waals surface area (Å²) in [6.45, 7) is -1.01. The summed E-state index contributed by atoms with van der Waals surface area (Å²) in [6, 6.07) is 0. The maximum absolute atomic E-state index is 12.2. The first-order chi connectivity index (χ1) is 10.1. The van der Waals surface area contributed by atoms with E-state index in [1.54, 1.807) is 0 Å². The fourth-order valence-electron chi connectivity index (χ4n) is 2.06. The zero-order valence-electron chi connectivity index (χ0n) is 11.9. The van der Waals surface area contributed by atoms with Crippen LogP contribution in [0.4, 0.5) is 13.2 Å². The largest absolute Gasteiger partial charge is 0.523 e. The summed E-state index contributed by atoms with van der Waals surface area (Å²) < 4.78 is 82.4. The molecule has 132 valence electrons. The van der Waals surface area contributed by atoms with Crippen LogP contribution >= 0.6 is 0 Å². The van der Waals surface area contributed by atoms with E-state index in [1.807, 2.05) is 0 Å². The normalized spacial score (nSPS) is 33.9. The lowest BCUT2D eigenvalue weighted by atomic mass is 9.99. The number of alkyl halides is 3. The average molecular weight is 354 g/mol. The van der Waals surface area contributed by atoms with Gasteiger partial charge in [0, 0.05) is 21.3 Å². The van der Waals surface area contributed by atoms with Gasteiger partial charge in [0.2, 0.25) is 0 Å². The Hall–Kier alpha value is -0.500. The van der Waals surface area contributed by atoms with E-state index in [4.69, 9.17) is 18.9 Å². The van der Waals surface area contributed by atoms with Crippen LogP contribution in [0.15, 0.2) is 0 Å². The second-order valence-electron chi connectivity index (χ2n) is 4.35. The van der Waals surface area contributed by atoms with E-state index in [0.29, 0.717) is 0 Å². The Balaban J connectivity index is 2.86. The molecule has 0 spiro atoms. The molecule has 1 aliphatic heterocycles. The van der Waals surface area contributed by atoms with Crippen molar-refractivity contribution in [1.29, 1.82) is 0 Å². The average Bonchev–Trinajstić information content (AvgIpc) is 2.42. The minimum absolute atomic E-state index is 0.902. The minimum Gasteiger partial charge on any atom is -0.376 e. The highest BCUT2D eigenvalue weighted by Crippen LogP contribution is 2.29. The third kappa shape index (κ3) is 4.07. The highest BCUT2D eigenvalue weighted by atomic mass is 32.2. The molecule has 0 unspecified atom stereocenters. The topological polar surface area (TPSA) is 101 Å². The lowest BCUT2D eigenvalue weighted by molar-refractivity contribution is -0.298. The highest BCUT2D eigenvalue weighted by Gasteiger charge is 2.50. The second kappa shape index (κ2) is 7.38. The SMILES string of the molecule is CO[C@@H]1[C@@H](OC)[C@H](O)O[C@H](COS(=O)(=O)C(F)(F)F)[C@H]1OC. The van der Waals surface area contributed by atoms with E-state index in [0.717, 1.165) is 0 Å². The number of methoxy groups -OCH3 is 3. The molecule has 0 bridgehead atoms. The van der Waals surface area contributed by atoms with E-state index in [-0.39, 0.29) is 0 Å². The molecule has 8 nitrogen and oxygen atoms in total. The first-order valence-corrected chi connectivity index (χ1v) is 7.37. The van der Waals surface area contributed by atoms with Crippen LogP contribution < -0.4 is 0 Å². The van der Waals surface area contributed by atoms with Gasteiger partial charge in [0.1, 0.15) is 24.4 Å². The minimum atomic E-state index is -5.78. The fraction of sp³-hybridized carbons (Fsp3) is 1.00. The summed E-state index contributed by atoms with van der Waals surface area (Å²) in [6.07, 6.45) is -5.75. The summed E-state index contributed by atoms with van der Waals surface area (Å²) in [5.74, 6) is 0. The molecule has 22 heavy (non-hydrogen) atoms. The maximum Gasteiger partial charge on any atom is 0.523 e. The van der Waals surface area contributed by atoms with Crippen molar-refractivity contribution >= 4 is 10.1 Å². The lowest BCUT2D eigenvalue weighted by Crippen LogP contribution is -2.60. The summed E-state index contributed by atoms with van der Waals surface area (Å²) in [5, 5.41) is 9.73. The van der Waals surface area contributed by atoms with Gasteiger partial charge >= 0.3 is 15.6 Å². The fourth-order valence-corrected chi connectivity index (χ4v) is 2.50. The van der Waals surface area contributed by atoms with E-state index in [2.05, 4.69) is 4.18 Å². The van der Waals surface area contributed by atoms with Crippen LogP contribution in [-0.2, 0) is 33.2 Å². The van der Waals surface area contributed by atoms with Gasteiger partial charge in [0.15, 0.2) is 6.29 Å². The Morgan fingerprint density at radius 1 is 1.05 bits per heavy atom. The third-order valence-electron chi connectivity index (χ3n) is 3.10. The zero-order valence-corrected chi connectivity index (χ0v) is 12.8. The monoisotopic (exact) mass is 354 g/mol. The van der Waals surface area contributed by atoms with E-state index < -0.39 is 52.9 Å². The highest BCUT2D eigenvalue weighted by molar-refractivity contribution is 7.87. The molecule has 0 aromatic rings. The molecule has 12 heteroatoms. The van der Waals surface area contributed by atoms with E-state index in [1.165, 1.54) is 21.3 Å². The van der Waals surface area contributed by atoms with E-state index >= 15 is 0 Å². The Bertz CT molecular complexity index is 454. The van der Waals surface area contributed by atoms with Gasteiger partial charge in [0.05, 0.1) is 6.61 Å². The zero-order chi connectivity index (χ0) is 17.1. The molecule has 0 amide bonds. The van der Waals surface area contributed by atoms with Crippen LogP contribution in [0, 0.1) is 0 Å². The van der Waals surface area contributed by atoms with Crippen molar-refractivity contribution in [3.63, 3.8) is 0 Å². The Morgan fingerprint density at radius 3 is 1.95 bits per heavy atom. The number of aliphatic hydroxyl groups is 1. The molecule has 0 aromatic heterocycles. The van der Waals surface area contributed by atoms with Gasteiger partial charge < -0.3 is 24.1 Å². The number of rotatable bonds is 6. The van der Waals surface area contributed by atoms with Gasteiger partial charge in [-0.1, -0.05) is 0 Å². The van der Waals surface area contributed by atoms with Crippen LogP contribution in [-0.4, -0.2) is 77.7 Å². The van der Waals surface area contributed by atoms with Gasteiger partial charge in [-0.05, 0) is 0 Å². The molecule has 1 heterocycles. The van der Waals surface area contributed by atoms with Crippen LogP contribution in [0.1, 0.15) is 0 Å². The van der Waals surface area contributed by atoms with Gasteiger partial charge in [0.25, 0.3) is 0 Å². The number of hydrogen-bond donors (Lipinski definition) is 1. The van der Waals surface area contributed by atoms with Crippen LogP contribution in [0.3, 0.4) is 0 Å². The molecule has 1 aliphatic rings. The Morgan fingerprint density at radius 2 is 1.55 bits per heavy atom. The molecule has 1 saturated heterocycles. The second-order valence-corrected chi connectivity index (χ2v) is 5.96. The molecule has 0 aromatic carbocycles. The van der Waals surface area contributed by atoms with Crippen molar-refractivity contribution in [2.24, 2.45) is 0 Å².